The summed E-state index contributed by atoms with van der Waals surface area (Å²) in [6.07, 6.45) is 24.3. The van der Waals surface area contributed by atoms with Gasteiger partial charge in [-0.15, -0.1) is 0 Å². The number of carbonyl (C=O) groups is 2. The molecule has 0 radical (unpaired) electrons. The lowest BCUT2D eigenvalue weighted by atomic mass is 10.1. The van der Waals surface area contributed by atoms with E-state index in [2.05, 4.69) is 19.2 Å². The van der Waals surface area contributed by atoms with Crippen molar-refractivity contribution in [2.75, 3.05) is 6.61 Å². The van der Waals surface area contributed by atoms with E-state index in [4.69, 9.17) is 4.74 Å². The molecule has 0 aromatic rings. The lowest BCUT2D eigenvalue weighted by Gasteiger charge is -2.13. The van der Waals surface area contributed by atoms with Crippen LogP contribution in [0.2, 0.25) is 0 Å². The van der Waals surface area contributed by atoms with Crippen LogP contribution in [0.3, 0.4) is 0 Å². The number of rotatable bonds is 23. The molecule has 184 valence electrons. The molecule has 31 heavy (non-hydrogen) atoms. The summed E-state index contributed by atoms with van der Waals surface area (Å²) in [5.41, 5.74) is 0. The van der Waals surface area contributed by atoms with E-state index >= 15 is 0 Å². The third-order valence-corrected chi connectivity index (χ3v) is 5.98. The van der Waals surface area contributed by atoms with Crippen molar-refractivity contribution in [3.63, 3.8) is 0 Å². The van der Waals surface area contributed by atoms with Crippen molar-refractivity contribution in [1.82, 2.24) is 5.32 Å². The minimum Gasteiger partial charge on any atom is -0.464 e. The maximum atomic E-state index is 12.0. The first kappa shape index (κ1) is 29.9. The monoisotopic (exact) mass is 439 g/mol. The van der Waals surface area contributed by atoms with Crippen LogP contribution >= 0.6 is 0 Å². The molecule has 0 aliphatic rings. The highest BCUT2D eigenvalue weighted by Crippen LogP contribution is 2.11. The van der Waals surface area contributed by atoms with E-state index in [0.717, 1.165) is 25.7 Å². The molecule has 1 amide bonds. The summed E-state index contributed by atoms with van der Waals surface area (Å²) in [6.45, 7) is 6.67. The van der Waals surface area contributed by atoms with Crippen LogP contribution in [0.5, 0.6) is 0 Å². The molecular weight excluding hydrogens is 386 g/mol. The summed E-state index contributed by atoms with van der Waals surface area (Å²) in [5.74, 6) is -0.345. The molecule has 0 aromatic carbocycles. The highest BCUT2D eigenvalue weighted by Gasteiger charge is 2.16. The van der Waals surface area contributed by atoms with Crippen molar-refractivity contribution in [2.45, 2.75) is 155 Å². The van der Waals surface area contributed by atoms with Crippen molar-refractivity contribution in [2.24, 2.45) is 0 Å². The number of amides is 1. The van der Waals surface area contributed by atoms with Gasteiger partial charge in [0.05, 0.1) is 6.61 Å². The van der Waals surface area contributed by atoms with Crippen LogP contribution in [-0.2, 0) is 14.3 Å². The first-order valence-electron chi connectivity index (χ1n) is 13.6. The van der Waals surface area contributed by atoms with Gasteiger partial charge in [-0.3, -0.25) is 4.79 Å². The minimum atomic E-state index is -0.547. The number of carbonyl (C=O) groups excluding carboxylic acids is 2. The summed E-state index contributed by atoms with van der Waals surface area (Å²) < 4.78 is 5.32. The van der Waals surface area contributed by atoms with Crippen LogP contribution in [0.15, 0.2) is 0 Å². The van der Waals surface area contributed by atoms with Gasteiger partial charge in [-0.1, -0.05) is 123 Å². The number of ether oxygens (including phenoxy) is 1. The molecule has 0 saturated carbocycles. The van der Waals surface area contributed by atoms with Crippen molar-refractivity contribution >= 4 is 11.9 Å². The maximum Gasteiger partial charge on any atom is 0.328 e. The first-order chi connectivity index (χ1) is 15.1. The Kier molecular flexibility index (Phi) is 22.8. The molecular formula is C27H53NO3. The lowest BCUT2D eigenvalue weighted by Crippen LogP contribution is -2.39. The van der Waals surface area contributed by atoms with Gasteiger partial charge in [0, 0.05) is 6.42 Å². The quantitative estimate of drug-likeness (QED) is 0.130. The molecule has 0 spiro atoms. The Hall–Kier alpha value is -1.06. The lowest BCUT2D eigenvalue weighted by molar-refractivity contribution is -0.147. The number of esters is 1. The van der Waals surface area contributed by atoms with Gasteiger partial charge in [0.2, 0.25) is 5.91 Å². The second kappa shape index (κ2) is 23.6. The largest absolute Gasteiger partial charge is 0.464 e. The number of unbranched alkanes of at least 4 members (excludes halogenated alkanes) is 17. The summed E-state index contributed by atoms with van der Waals surface area (Å²) in [6, 6.07) is -0.547. The first-order valence-corrected chi connectivity index (χ1v) is 13.6. The van der Waals surface area contributed by atoms with E-state index in [1.54, 1.807) is 6.92 Å². The molecule has 0 saturated heterocycles. The van der Waals surface area contributed by atoms with Crippen LogP contribution in [0.4, 0.5) is 0 Å². The molecule has 0 fully saturated rings. The smallest absolute Gasteiger partial charge is 0.328 e. The van der Waals surface area contributed by atoms with E-state index in [1.165, 1.54) is 96.3 Å². The Morgan fingerprint density at radius 1 is 0.613 bits per heavy atom. The van der Waals surface area contributed by atoms with E-state index in [-0.39, 0.29) is 11.9 Å². The SMILES string of the molecule is CCCCCCCCCCCCOC(=O)[C@H](C)NC(=O)CCCCCCCCCCC. The van der Waals surface area contributed by atoms with Crippen LogP contribution in [0, 0.1) is 0 Å². The zero-order valence-corrected chi connectivity index (χ0v) is 21.2. The van der Waals surface area contributed by atoms with Crippen molar-refractivity contribution < 1.29 is 14.3 Å². The molecule has 4 heteroatoms. The fourth-order valence-corrected chi connectivity index (χ4v) is 3.86. The number of hydrogen-bond acceptors (Lipinski definition) is 3. The summed E-state index contributed by atoms with van der Waals surface area (Å²) >= 11 is 0. The number of hydrogen-bond donors (Lipinski definition) is 1. The molecule has 1 N–H and O–H groups in total. The molecule has 0 bridgehead atoms. The van der Waals surface area contributed by atoms with Crippen molar-refractivity contribution in [3.8, 4) is 0 Å². The van der Waals surface area contributed by atoms with Crippen LogP contribution < -0.4 is 5.32 Å². The fourth-order valence-electron chi connectivity index (χ4n) is 3.86. The second-order valence-electron chi connectivity index (χ2n) is 9.22. The standard InChI is InChI=1S/C27H53NO3/c1-4-6-8-10-12-14-16-18-20-22-24-31-27(30)25(3)28-26(29)23-21-19-17-15-13-11-9-7-5-2/h25H,4-24H2,1-3H3,(H,28,29)/t25-/m0/s1. The normalized spacial score (nSPS) is 12.0. The van der Waals surface area contributed by atoms with Gasteiger partial charge in [0.15, 0.2) is 0 Å². The molecule has 0 aliphatic carbocycles. The van der Waals surface area contributed by atoms with Gasteiger partial charge in [-0.2, -0.15) is 0 Å². The average Bonchev–Trinajstić information content (AvgIpc) is 2.76. The highest BCUT2D eigenvalue weighted by molar-refractivity contribution is 5.84. The van der Waals surface area contributed by atoms with Gasteiger partial charge in [0.1, 0.15) is 6.04 Å². The highest BCUT2D eigenvalue weighted by atomic mass is 16.5. The van der Waals surface area contributed by atoms with Crippen LogP contribution in [0.25, 0.3) is 0 Å². The van der Waals surface area contributed by atoms with Gasteiger partial charge < -0.3 is 10.1 Å². The number of nitrogens with one attached hydrogen (secondary N) is 1. The van der Waals surface area contributed by atoms with E-state index in [0.29, 0.717) is 13.0 Å². The minimum absolute atomic E-state index is 0.0358. The Bertz CT molecular complexity index is 411. The molecule has 0 heterocycles. The van der Waals surface area contributed by atoms with Gasteiger partial charge in [-0.05, 0) is 19.8 Å². The van der Waals surface area contributed by atoms with Crippen molar-refractivity contribution in [1.29, 1.82) is 0 Å². The summed E-state index contributed by atoms with van der Waals surface area (Å²) in [5, 5.41) is 2.78. The summed E-state index contributed by atoms with van der Waals surface area (Å²) in [7, 11) is 0. The topological polar surface area (TPSA) is 55.4 Å². The van der Waals surface area contributed by atoms with E-state index in [1.807, 2.05) is 0 Å². The molecule has 0 aliphatic heterocycles. The Morgan fingerprint density at radius 3 is 1.45 bits per heavy atom. The third-order valence-electron chi connectivity index (χ3n) is 5.98. The Labute approximate surface area is 193 Å². The third kappa shape index (κ3) is 21.9. The molecule has 4 nitrogen and oxygen atoms in total. The Morgan fingerprint density at radius 2 is 1.00 bits per heavy atom. The van der Waals surface area contributed by atoms with Crippen LogP contribution in [-0.4, -0.2) is 24.5 Å². The molecule has 0 unspecified atom stereocenters. The van der Waals surface area contributed by atoms with Gasteiger partial charge in [-0.25, -0.2) is 4.79 Å². The molecule has 1 atom stereocenters. The Balaban J connectivity index is 3.48. The average molecular weight is 440 g/mol. The van der Waals surface area contributed by atoms with Gasteiger partial charge >= 0.3 is 5.97 Å². The van der Waals surface area contributed by atoms with E-state index < -0.39 is 6.04 Å². The molecule has 0 rings (SSSR count). The van der Waals surface area contributed by atoms with Crippen LogP contribution in [0.1, 0.15) is 149 Å². The predicted molar refractivity (Wildman–Crippen MR) is 132 cm³/mol. The maximum absolute atomic E-state index is 12.0. The zero-order valence-electron chi connectivity index (χ0n) is 21.2. The fraction of sp³-hybridized carbons (Fsp3) is 0.926. The zero-order chi connectivity index (χ0) is 23.0. The van der Waals surface area contributed by atoms with Gasteiger partial charge in [0.25, 0.3) is 0 Å². The summed E-state index contributed by atoms with van der Waals surface area (Å²) in [4.78, 5) is 24.0. The van der Waals surface area contributed by atoms with Crippen molar-refractivity contribution in [3.05, 3.63) is 0 Å². The van der Waals surface area contributed by atoms with E-state index in [9.17, 15) is 9.59 Å². The second-order valence-corrected chi connectivity index (χ2v) is 9.22. The molecule has 0 aromatic heterocycles. The predicted octanol–water partition coefficient (Wildman–Crippen LogP) is 7.88.